The number of hydrogen-bond donors (Lipinski definition) is 2. The van der Waals surface area contributed by atoms with Crippen LogP contribution in [0.3, 0.4) is 0 Å². The van der Waals surface area contributed by atoms with Crippen LogP contribution in [0, 0.1) is 0 Å². The number of amides is 1. The lowest BCUT2D eigenvalue weighted by Gasteiger charge is -2.14. The molecule has 2 N–H and O–H groups in total. The van der Waals surface area contributed by atoms with Crippen molar-refractivity contribution < 1.29 is 4.79 Å². The van der Waals surface area contributed by atoms with Gasteiger partial charge in [-0.25, -0.2) is 0 Å². The molecule has 1 fully saturated rings. The second-order valence-corrected chi connectivity index (χ2v) is 4.86. The fourth-order valence-electron chi connectivity index (χ4n) is 2.11. The summed E-state index contributed by atoms with van der Waals surface area (Å²) in [5.74, 6) is 0.0671. The molecule has 1 saturated carbocycles. The maximum absolute atomic E-state index is 11.9. The zero-order chi connectivity index (χ0) is 13.0. The molecule has 1 aromatic rings. The molecule has 2 rings (SSSR count). The summed E-state index contributed by atoms with van der Waals surface area (Å²) in [5, 5.41) is 6.30. The van der Waals surface area contributed by atoms with Crippen molar-refractivity contribution >= 4 is 11.6 Å². The van der Waals surface area contributed by atoms with Gasteiger partial charge in [0.1, 0.15) is 0 Å². The minimum atomic E-state index is 0.0671. The smallest absolute Gasteiger partial charge is 0.238 e. The minimum Gasteiger partial charge on any atom is -0.324 e. The highest BCUT2D eigenvalue weighted by atomic mass is 16.1. The Kier molecular flexibility index (Phi) is 4.37. The van der Waals surface area contributed by atoms with E-state index in [0.717, 1.165) is 18.5 Å². The highest BCUT2D eigenvalue weighted by molar-refractivity contribution is 5.93. The van der Waals surface area contributed by atoms with Crippen LogP contribution in [0.1, 0.15) is 37.8 Å². The van der Waals surface area contributed by atoms with Crippen molar-refractivity contribution in [3.05, 3.63) is 29.3 Å². The first-order valence-corrected chi connectivity index (χ1v) is 6.88. The molecule has 0 bridgehead atoms. The van der Waals surface area contributed by atoms with Gasteiger partial charge in [0.15, 0.2) is 0 Å². The molecular weight excluding hydrogens is 224 g/mol. The van der Waals surface area contributed by atoms with Gasteiger partial charge < -0.3 is 10.6 Å². The van der Waals surface area contributed by atoms with Gasteiger partial charge in [-0.15, -0.1) is 0 Å². The van der Waals surface area contributed by atoms with Crippen molar-refractivity contribution in [3.8, 4) is 0 Å². The van der Waals surface area contributed by atoms with Crippen LogP contribution in [0.15, 0.2) is 18.2 Å². The van der Waals surface area contributed by atoms with E-state index in [2.05, 4.69) is 42.7 Å². The Balaban J connectivity index is 2.03. The molecule has 0 unspecified atom stereocenters. The van der Waals surface area contributed by atoms with Gasteiger partial charge in [0.25, 0.3) is 0 Å². The first-order valence-electron chi connectivity index (χ1n) is 6.88. The van der Waals surface area contributed by atoms with Gasteiger partial charge in [0.2, 0.25) is 5.91 Å². The van der Waals surface area contributed by atoms with E-state index in [9.17, 15) is 4.79 Å². The number of aryl methyl sites for hydroxylation is 2. The lowest BCUT2D eigenvalue weighted by Crippen LogP contribution is -2.30. The van der Waals surface area contributed by atoms with E-state index >= 15 is 0 Å². The summed E-state index contributed by atoms with van der Waals surface area (Å²) in [4.78, 5) is 11.9. The first kappa shape index (κ1) is 13.1. The molecule has 0 heterocycles. The van der Waals surface area contributed by atoms with Crippen molar-refractivity contribution in [2.75, 3.05) is 11.9 Å². The van der Waals surface area contributed by atoms with Gasteiger partial charge in [-0.05, 0) is 36.8 Å². The standard InChI is InChI=1S/C15H22N2O/c1-3-11-6-5-7-12(4-2)15(11)17-14(18)10-16-13-8-9-13/h5-7,13,16H,3-4,8-10H2,1-2H3,(H,17,18). The molecule has 0 aliphatic heterocycles. The maximum Gasteiger partial charge on any atom is 0.238 e. The summed E-state index contributed by atoms with van der Waals surface area (Å²) in [5.41, 5.74) is 3.45. The highest BCUT2D eigenvalue weighted by Gasteiger charge is 2.21. The summed E-state index contributed by atoms with van der Waals surface area (Å²) in [7, 11) is 0. The average molecular weight is 246 g/mol. The lowest BCUT2D eigenvalue weighted by atomic mass is 10.0. The number of carbonyl (C=O) groups is 1. The van der Waals surface area contributed by atoms with E-state index in [-0.39, 0.29) is 5.91 Å². The van der Waals surface area contributed by atoms with Crippen molar-refractivity contribution in [1.82, 2.24) is 5.32 Å². The topological polar surface area (TPSA) is 41.1 Å². The average Bonchev–Trinajstić information content (AvgIpc) is 3.20. The second-order valence-electron chi connectivity index (χ2n) is 4.86. The number of rotatable bonds is 6. The van der Waals surface area contributed by atoms with Crippen molar-refractivity contribution in [2.24, 2.45) is 0 Å². The molecule has 18 heavy (non-hydrogen) atoms. The third-order valence-electron chi connectivity index (χ3n) is 3.39. The van der Waals surface area contributed by atoms with Gasteiger partial charge >= 0.3 is 0 Å². The van der Waals surface area contributed by atoms with Crippen LogP contribution in [-0.4, -0.2) is 18.5 Å². The summed E-state index contributed by atoms with van der Waals surface area (Å²) in [6.07, 6.45) is 4.30. The molecule has 3 nitrogen and oxygen atoms in total. The molecule has 0 aromatic heterocycles. The quantitative estimate of drug-likeness (QED) is 0.809. The zero-order valence-corrected chi connectivity index (χ0v) is 11.3. The van der Waals surface area contributed by atoms with Crippen LogP contribution >= 0.6 is 0 Å². The van der Waals surface area contributed by atoms with Crippen molar-refractivity contribution in [3.63, 3.8) is 0 Å². The Hall–Kier alpha value is -1.35. The highest BCUT2D eigenvalue weighted by Crippen LogP contribution is 2.22. The van der Waals surface area contributed by atoms with Crippen LogP contribution in [-0.2, 0) is 17.6 Å². The second kappa shape index (κ2) is 6.01. The van der Waals surface area contributed by atoms with Gasteiger partial charge in [0, 0.05) is 11.7 Å². The molecule has 0 saturated heterocycles. The molecule has 1 aromatic carbocycles. The minimum absolute atomic E-state index is 0.0671. The molecule has 1 amide bonds. The molecule has 1 aliphatic rings. The molecule has 0 radical (unpaired) electrons. The van der Waals surface area contributed by atoms with Gasteiger partial charge in [-0.3, -0.25) is 4.79 Å². The van der Waals surface area contributed by atoms with E-state index in [1.807, 2.05) is 0 Å². The predicted molar refractivity (Wildman–Crippen MR) is 74.9 cm³/mol. The zero-order valence-electron chi connectivity index (χ0n) is 11.3. The number of anilines is 1. The Morgan fingerprint density at radius 1 is 1.22 bits per heavy atom. The molecular formula is C15H22N2O. The summed E-state index contributed by atoms with van der Waals surface area (Å²) in [6.45, 7) is 4.66. The largest absolute Gasteiger partial charge is 0.324 e. The Bertz CT molecular complexity index is 402. The SMILES string of the molecule is CCc1cccc(CC)c1NC(=O)CNC1CC1. The molecule has 0 spiro atoms. The maximum atomic E-state index is 11.9. The Labute approximate surface area is 109 Å². The first-order chi connectivity index (χ1) is 8.74. The van der Waals surface area contributed by atoms with Crippen LogP contribution in [0.5, 0.6) is 0 Å². The number of nitrogens with one attached hydrogen (secondary N) is 2. The van der Waals surface area contributed by atoms with Crippen LogP contribution in [0.4, 0.5) is 5.69 Å². The lowest BCUT2D eigenvalue weighted by molar-refractivity contribution is -0.115. The Morgan fingerprint density at radius 2 is 1.83 bits per heavy atom. The fraction of sp³-hybridized carbons (Fsp3) is 0.533. The molecule has 3 heteroatoms. The van der Waals surface area contributed by atoms with E-state index in [4.69, 9.17) is 0 Å². The van der Waals surface area contributed by atoms with E-state index in [1.165, 1.54) is 24.0 Å². The van der Waals surface area contributed by atoms with Crippen LogP contribution in [0.2, 0.25) is 0 Å². The summed E-state index contributed by atoms with van der Waals surface area (Å²) < 4.78 is 0. The molecule has 0 atom stereocenters. The van der Waals surface area contributed by atoms with Crippen molar-refractivity contribution in [1.29, 1.82) is 0 Å². The van der Waals surface area contributed by atoms with Crippen LogP contribution in [0.25, 0.3) is 0 Å². The monoisotopic (exact) mass is 246 g/mol. The van der Waals surface area contributed by atoms with E-state index in [0.29, 0.717) is 12.6 Å². The van der Waals surface area contributed by atoms with Gasteiger partial charge in [-0.2, -0.15) is 0 Å². The summed E-state index contributed by atoms with van der Waals surface area (Å²) >= 11 is 0. The number of hydrogen-bond acceptors (Lipinski definition) is 2. The number of para-hydroxylation sites is 1. The normalized spacial score (nSPS) is 14.6. The van der Waals surface area contributed by atoms with E-state index in [1.54, 1.807) is 0 Å². The third-order valence-corrected chi connectivity index (χ3v) is 3.39. The van der Waals surface area contributed by atoms with E-state index < -0.39 is 0 Å². The number of benzene rings is 1. The molecule has 98 valence electrons. The fourth-order valence-corrected chi connectivity index (χ4v) is 2.11. The van der Waals surface area contributed by atoms with Gasteiger partial charge in [0.05, 0.1) is 6.54 Å². The Morgan fingerprint density at radius 3 is 2.33 bits per heavy atom. The van der Waals surface area contributed by atoms with Crippen molar-refractivity contribution in [2.45, 2.75) is 45.6 Å². The third kappa shape index (κ3) is 3.33. The van der Waals surface area contributed by atoms with Crippen LogP contribution < -0.4 is 10.6 Å². The molecule has 1 aliphatic carbocycles. The summed E-state index contributed by atoms with van der Waals surface area (Å²) in [6, 6.07) is 6.81. The predicted octanol–water partition coefficient (Wildman–Crippen LogP) is 2.50. The van der Waals surface area contributed by atoms with Gasteiger partial charge in [-0.1, -0.05) is 32.0 Å². The number of carbonyl (C=O) groups excluding carboxylic acids is 1.